The van der Waals surface area contributed by atoms with E-state index >= 15 is 0 Å². The molecule has 2 aliphatic heterocycles. The van der Waals surface area contributed by atoms with Gasteiger partial charge in [-0.2, -0.15) is 0 Å². The van der Waals surface area contributed by atoms with Crippen LogP contribution >= 0.6 is 15.9 Å². The number of rotatable bonds is 16. The van der Waals surface area contributed by atoms with Crippen LogP contribution in [0.2, 0.25) is 51.4 Å². The second-order valence-electron chi connectivity index (χ2n) is 16.1. The van der Waals surface area contributed by atoms with Crippen molar-refractivity contribution in [2.45, 2.75) is 105 Å². The molecular weight excluding hydrogens is 753 g/mol. The minimum Gasteiger partial charge on any atom is -0.493 e. The molecule has 0 bridgehead atoms. The smallest absolute Gasteiger partial charge is 0.342 e. The molecule has 0 aliphatic carbocycles. The normalized spacial score (nSPS) is 14.2. The maximum absolute atomic E-state index is 12.4. The van der Waals surface area contributed by atoms with Crippen LogP contribution in [0, 0.1) is 13.8 Å². The first-order valence-electron chi connectivity index (χ1n) is 18.1. The third-order valence-corrected chi connectivity index (χ3v) is 13.7. The summed E-state index contributed by atoms with van der Waals surface area (Å²) in [6.45, 7) is 31.7. The standard InChI is InChI=1S/C21H29BrO3Si.C21H30O4Si/c2*1-7-16-15(3)18-13-25-21(23)19(18)20(24-10-11-26(4,5)6)17(16)9-8-14(2)12-22/h7-8H,1,9-13H2,2-6H3;7-8,22H,1,9-13H2,2-6H3/b2*14-8+. The summed E-state index contributed by atoms with van der Waals surface area (Å²) in [6.07, 6.45) is 9.13. The number of fused-ring (bicyclic) bond motifs is 2. The lowest BCUT2D eigenvalue weighted by Crippen LogP contribution is -2.23. The number of halogens is 1. The Morgan fingerprint density at radius 3 is 1.46 bits per heavy atom. The molecule has 1 N–H and O–H groups in total. The van der Waals surface area contributed by atoms with Crippen molar-refractivity contribution < 1.29 is 33.6 Å². The molecule has 0 atom stereocenters. The molecule has 2 heterocycles. The molecule has 2 aromatic rings. The zero-order valence-electron chi connectivity index (χ0n) is 33.1. The predicted molar refractivity (Wildman–Crippen MR) is 224 cm³/mol. The highest BCUT2D eigenvalue weighted by Gasteiger charge is 2.33. The van der Waals surface area contributed by atoms with Crippen LogP contribution in [0.15, 0.2) is 36.5 Å². The number of carbonyl (C=O) groups is 2. The van der Waals surface area contributed by atoms with Gasteiger partial charge in [-0.3, -0.25) is 0 Å². The number of ether oxygens (including phenoxy) is 4. The summed E-state index contributed by atoms with van der Waals surface area (Å²) >= 11 is 3.49. The Morgan fingerprint density at radius 2 is 1.13 bits per heavy atom. The van der Waals surface area contributed by atoms with Gasteiger partial charge < -0.3 is 24.1 Å². The fraction of sp³-hybridized carbons (Fsp3) is 0.476. The van der Waals surface area contributed by atoms with Crippen molar-refractivity contribution in [3.8, 4) is 11.5 Å². The highest BCUT2D eigenvalue weighted by Crippen LogP contribution is 2.41. The van der Waals surface area contributed by atoms with Crippen LogP contribution in [0.3, 0.4) is 0 Å². The first kappa shape index (κ1) is 43.2. The van der Waals surface area contributed by atoms with E-state index in [0.717, 1.165) is 67.5 Å². The summed E-state index contributed by atoms with van der Waals surface area (Å²) in [5.41, 5.74) is 11.3. The van der Waals surface area contributed by atoms with Crippen molar-refractivity contribution in [3.05, 3.63) is 92.1 Å². The minimum absolute atomic E-state index is 0.0151. The van der Waals surface area contributed by atoms with E-state index in [1.54, 1.807) is 0 Å². The van der Waals surface area contributed by atoms with Crippen molar-refractivity contribution in [3.63, 3.8) is 0 Å². The van der Waals surface area contributed by atoms with Crippen molar-refractivity contribution in [2.75, 3.05) is 25.2 Å². The molecule has 4 rings (SSSR count). The molecule has 0 spiro atoms. The van der Waals surface area contributed by atoms with Gasteiger partial charge in [0, 0.05) is 43.7 Å². The lowest BCUT2D eigenvalue weighted by Gasteiger charge is -2.21. The summed E-state index contributed by atoms with van der Waals surface area (Å²) in [6, 6.07) is 2.06. The van der Waals surface area contributed by atoms with Crippen molar-refractivity contribution in [2.24, 2.45) is 0 Å². The van der Waals surface area contributed by atoms with Gasteiger partial charge in [0.25, 0.3) is 0 Å². The molecule has 0 fully saturated rings. The number of cyclic esters (lactones) is 2. The van der Waals surface area contributed by atoms with Crippen LogP contribution in [0.1, 0.15) is 79.1 Å². The topological polar surface area (TPSA) is 91.3 Å². The number of allylic oxidation sites excluding steroid dienone is 3. The summed E-state index contributed by atoms with van der Waals surface area (Å²) < 4.78 is 23.0. The summed E-state index contributed by atoms with van der Waals surface area (Å²) in [5.74, 6) is 0.734. The van der Waals surface area contributed by atoms with Crippen LogP contribution < -0.4 is 9.47 Å². The van der Waals surface area contributed by atoms with E-state index in [4.69, 9.17) is 18.9 Å². The van der Waals surface area contributed by atoms with E-state index in [1.165, 1.54) is 5.57 Å². The van der Waals surface area contributed by atoms with Gasteiger partial charge >= 0.3 is 11.9 Å². The highest BCUT2D eigenvalue weighted by molar-refractivity contribution is 9.09. The monoisotopic (exact) mass is 810 g/mol. The number of esters is 2. The Balaban J connectivity index is 0.000000280. The van der Waals surface area contributed by atoms with E-state index in [0.29, 0.717) is 55.3 Å². The Labute approximate surface area is 322 Å². The Bertz CT molecular complexity index is 1620. The molecule has 0 saturated heterocycles. The zero-order valence-corrected chi connectivity index (χ0v) is 36.7. The van der Waals surface area contributed by atoms with Gasteiger partial charge in [-0.15, -0.1) is 0 Å². The maximum Gasteiger partial charge on any atom is 0.342 e. The largest absolute Gasteiger partial charge is 0.493 e. The second-order valence-corrected chi connectivity index (χ2v) is 27.9. The van der Waals surface area contributed by atoms with E-state index in [9.17, 15) is 14.7 Å². The first-order valence-corrected chi connectivity index (χ1v) is 26.6. The fourth-order valence-electron chi connectivity index (χ4n) is 6.05. The third kappa shape index (κ3) is 10.9. The van der Waals surface area contributed by atoms with Crippen molar-refractivity contribution in [1.82, 2.24) is 0 Å². The number of benzene rings is 2. The Hall–Kier alpha value is -3.19. The number of hydrogen-bond acceptors (Lipinski definition) is 7. The zero-order chi connectivity index (χ0) is 39.0. The van der Waals surface area contributed by atoms with Crippen LogP contribution in [-0.2, 0) is 35.5 Å². The van der Waals surface area contributed by atoms with E-state index in [2.05, 4.69) is 81.4 Å². The lowest BCUT2D eigenvalue weighted by atomic mass is 9.90. The minimum atomic E-state index is -1.25. The summed E-state index contributed by atoms with van der Waals surface area (Å²) in [4.78, 5) is 24.8. The van der Waals surface area contributed by atoms with Gasteiger partial charge in [0.05, 0.1) is 19.8 Å². The van der Waals surface area contributed by atoms with Gasteiger partial charge in [0.15, 0.2) is 0 Å². The van der Waals surface area contributed by atoms with Crippen LogP contribution in [0.5, 0.6) is 11.5 Å². The van der Waals surface area contributed by atoms with E-state index in [1.807, 2.05) is 39.0 Å². The molecule has 0 unspecified atom stereocenters. The van der Waals surface area contributed by atoms with Crippen molar-refractivity contribution in [1.29, 1.82) is 0 Å². The highest BCUT2D eigenvalue weighted by atomic mass is 79.9. The molecule has 0 radical (unpaired) electrons. The molecule has 0 saturated carbocycles. The van der Waals surface area contributed by atoms with Gasteiger partial charge in [0.1, 0.15) is 35.8 Å². The maximum atomic E-state index is 12.4. The quantitative estimate of drug-likeness (QED) is 0.0781. The van der Waals surface area contributed by atoms with E-state index < -0.39 is 16.1 Å². The van der Waals surface area contributed by atoms with Gasteiger partial charge in [0.2, 0.25) is 0 Å². The van der Waals surface area contributed by atoms with Crippen LogP contribution in [0.25, 0.3) is 12.2 Å². The predicted octanol–water partition coefficient (Wildman–Crippen LogP) is 10.4. The van der Waals surface area contributed by atoms with Gasteiger partial charge in [-0.05, 0) is 74.9 Å². The first-order chi connectivity index (χ1) is 24.4. The van der Waals surface area contributed by atoms with Gasteiger partial charge in [-0.1, -0.05) is 104 Å². The average molecular weight is 812 g/mol. The molecule has 0 amide bonds. The number of hydrogen-bond donors (Lipinski definition) is 1. The summed E-state index contributed by atoms with van der Waals surface area (Å²) in [5, 5.41) is 10.1. The van der Waals surface area contributed by atoms with E-state index in [-0.39, 0.29) is 25.2 Å². The number of aliphatic hydroxyl groups is 1. The van der Waals surface area contributed by atoms with Gasteiger partial charge in [-0.25, -0.2) is 9.59 Å². The summed E-state index contributed by atoms with van der Waals surface area (Å²) in [7, 11) is -2.48. The van der Waals surface area contributed by atoms with Crippen LogP contribution in [0.4, 0.5) is 0 Å². The Kier molecular flexibility index (Phi) is 15.6. The molecule has 2 aromatic carbocycles. The molecule has 52 heavy (non-hydrogen) atoms. The molecule has 7 nitrogen and oxygen atoms in total. The number of carbonyl (C=O) groups excluding carboxylic acids is 2. The average Bonchev–Trinajstić information content (AvgIpc) is 3.66. The Morgan fingerprint density at radius 1 is 0.750 bits per heavy atom. The SMILES string of the molecule is C=Cc1c(C)c2c(c(OCC[Si](C)(C)C)c1C/C=C(\C)CBr)C(=O)OC2.C=Cc1c(C)c2c(c(OCC[Si](C)(C)C)c1C/C=C(\C)CO)C(=O)OC2. The third-order valence-electron chi connectivity index (χ3n) is 9.45. The number of aliphatic hydroxyl groups excluding tert-OH is 1. The molecule has 10 heteroatoms. The molecule has 2 aliphatic rings. The van der Waals surface area contributed by atoms with Crippen LogP contribution in [-0.4, -0.2) is 58.3 Å². The lowest BCUT2D eigenvalue weighted by molar-refractivity contribution is 0.0523. The number of alkyl halides is 1. The molecule has 284 valence electrons. The van der Waals surface area contributed by atoms with Crippen molar-refractivity contribution >= 4 is 56.2 Å². The molecule has 0 aromatic heterocycles. The molecular formula is C42H59BrO7Si2. The fourth-order valence-corrected chi connectivity index (χ4v) is 7.71. The second kappa shape index (κ2) is 18.7.